The Bertz CT molecular complexity index is 2240. The van der Waals surface area contributed by atoms with Gasteiger partial charge in [-0.2, -0.15) is 0 Å². The molecule has 0 bridgehead atoms. The van der Waals surface area contributed by atoms with E-state index in [0.29, 0.717) is 36.2 Å². The number of urea groups is 1. The number of carbonyl (C=O) groups excluding carboxylic acids is 6. The number of hydrogen-bond donors (Lipinski definition) is 3. The molecule has 2 saturated carbocycles. The second-order valence-corrected chi connectivity index (χ2v) is 20.8. The van der Waals surface area contributed by atoms with Crippen molar-refractivity contribution >= 4 is 35.7 Å². The van der Waals surface area contributed by atoms with Crippen LogP contribution < -0.4 is 25.4 Å². The van der Waals surface area contributed by atoms with Crippen LogP contribution in [0.5, 0.6) is 11.5 Å². The van der Waals surface area contributed by atoms with Crippen LogP contribution in [-0.4, -0.2) is 41.7 Å². The number of rotatable bonds is 24. The Morgan fingerprint density at radius 1 is 0.541 bits per heavy atom. The van der Waals surface area contributed by atoms with Gasteiger partial charge in [0.2, 0.25) is 17.7 Å². The highest BCUT2D eigenvalue weighted by Crippen LogP contribution is 2.68. The Kier molecular flexibility index (Phi) is 21.7. The van der Waals surface area contributed by atoms with Gasteiger partial charge in [-0.3, -0.25) is 34.6 Å². The SMILES string of the molecule is C=CCCCC(C)C=C.C=CCCCC(C)C=C.C=CCCCC(C=C)CC12C(=O)NC(=O)CC1C1(CC(C=C)CCCC=C)C(=O)NC(=O)NC21.O=C1Oc2ccccc2C2C1C1c3ccccc3OC(=O)C21. The van der Waals surface area contributed by atoms with E-state index < -0.39 is 40.6 Å². The number of carbonyl (C=O) groups is 6. The fraction of sp³-hybridized carbons (Fsp3) is 0.460. The Hall–Kier alpha value is -6.62. The van der Waals surface area contributed by atoms with Crippen molar-refractivity contribution in [2.45, 2.75) is 128 Å². The van der Waals surface area contributed by atoms with Crippen LogP contribution in [0.1, 0.15) is 133 Å². The summed E-state index contributed by atoms with van der Waals surface area (Å²) in [4.78, 5) is 76.7. The molecule has 396 valence electrons. The number of ether oxygens (including phenoxy) is 2. The van der Waals surface area contributed by atoms with E-state index in [2.05, 4.69) is 82.4 Å². The second kappa shape index (κ2) is 27.6. The zero-order valence-electron chi connectivity index (χ0n) is 44.0. The third-order valence-corrected chi connectivity index (χ3v) is 16.1. The predicted molar refractivity (Wildman–Crippen MR) is 295 cm³/mol. The summed E-state index contributed by atoms with van der Waals surface area (Å²) >= 11 is 0. The highest BCUT2D eigenvalue weighted by Gasteiger charge is 2.79. The molecular weight excluding hydrogens is 927 g/mol. The number of imide groups is 2. The minimum atomic E-state index is -1.04. The number of nitrogens with one attached hydrogen (secondary N) is 3. The fourth-order valence-electron chi connectivity index (χ4n) is 12.1. The van der Waals surface area contributed by atoms with Crippen LogP contribution in [0, 0.1) is 52.3 Å². The van der Waals surface area contributed by atoms with Crippen LogP contribution in [0.4, 0.5) is 4.79 Å². The first-order valence-electron chi connectivity index (χ1n) is 26.7. The van der Waals surface area contributed by atoms with Gasteiger partial charge in [0.15, 0.2) is 0 Å². The van der Waals surface area contributed by atoms with Gasteiger partial charge in [-0.15, -0.1) is 52.6 Å². The van der Waals surface area contributed by atoms with Crippen LogP contribution in [0.3, 0.4) is 0 Å². The Morgan fingerprint density at radius 3 is 1.32 bits per heavy atom. The lowest BCUT2D eigenvalue weighted by molar-refractivity contribution is -0.208. The summed E-state index contributed by atoms with van der Waals surface area (Å²) in [6.45, 7) is 34.6. The van der Waals surface area contributed by atoms with Crippen molar-refractivity contribution in [1.29, 1.82) is 0 Å². The minimum absolute atomic E-state index is 0.00378. The third kappa shape index (κ3) is 12.8. The molecular formula is C63H81N3O8. The maximum Gasteiger partial charge on any atom is 0.321 e. The number of fused-ring (bicyclic) bond motifs is 12. The zero-order valence-corrected chi connectivity index (χ0v) is 44.0. The summed E-state index contributed by atoms with van der Waals surface area (Å²) in [6, 6.07) is 13.6. The van der Waals surface area contributed by atoms with E-state index in [0.717, 1.165) is 62.5 Å². The highest BCUT2D eigenvalue weighted by atomic mass is 16.5. The Morgan fingerprint density at radius 2 is 0.932 bits per heavy atom. The molecule has 11 heteroatoms. The standard InChI is InChI=1S/C27H37N3O4.C18H12O4.2C9H16/c1-5-9-11-13-18(7-3)16-26-20(15-21(31)28-23(26)32)27(17-19(8-4)14-12-10-6-2)22(26)29-25(34)30-24(27)33;19-17-15-13(9-5-1-3-7-11(9)21-17)16-14(15)10-6-2-4-8-12(10)22-18(16)20;2*1-4-6-7-8-9(3)5-2/h5-8,18-20,22H,1-4,9-17H2,(H,28,31,32)(H2,29,30,33,34);1-8,13-16H;2*4-5,9H,1-2,6-8H2,3H3. The van der Waals surface area contributed by atoms with Crippen LogP contribution in [0.15, 0.2) is 150 Å². The smallest absolute Gasteiger partial charge is 0.321 e. The lowest BCUT2D eigenvalue weighted by Crippen LogP contribution is -2.86. The quantitative estimate of drug-likeness (QED) is 0.0308. The number of benzene rings is 2. The number of amides is 5. The molecule has 11 nitrogen and oxygen atoms in total. The molecule has 0 spiro atoms. The maximum absolute atomic E-state index is 13.4. The molecule has 2 saturated heterocycles. The topological polar surface area (TPSA) is 157 Å². The summed E-state index contributed by atoms with van der Waals surface area (Å²) < 4.78 is 10.9. The average molecular weight is 1010 g/mol. The highest BCUT2D eigenvalue weighted by molar-refractivity contribution is 6.09. The van der Waals surface area contributed by atoms with E-state index in [1.54, 1.807) is 12.1 Å². The van der Waals surface area contributed by atoms with Gasteiger partial charge >= 0.3 is 18.0 Å². The van der Waals surface area contributed by atoms with Gasteiger partial charge in [0.1, 0.15) is 11.5 Å². The molecule has 2 aromatic rings. The Balaban J connectivity index is 0.000000214. The molecule has 74 heavy (non-hydrogen) atoms. The van der Waals surface area contributed by atoms with Crippen molar-refractivity contribution in [2.75, 3.05) is 0 Å². The summed E-state index contributed by atoms with van der Waals surface area (Å²) in [5.74, 6) is -0.546. The molecule has 2 aliphatic carbocycles. The van der Waals surface area contributed by atoms with Gasteiger partial charge in [0, 0.05) is 24.2 Å². The molecule has 8 atom stereocenters. The third-order valence-electron chi connectivity index (χ3n) is 16.1. The lowest BCUT2D eigenvalue weighted by atomic mass is 9.36. The summed E-state index contributed by atoms with van der Waals surface area (Å²) in [7, 11) is 0. The molecule has 2 aromatic carbocycles. The van der Waals surface area contributed by atoms with E-state index in [1.165, 1.54) is 25.7 Å². The van der Waals surface area contributed by atoms with Crippen molar-refractivity contribution in [3.8, 4) is 11.5 Å². The molecule has 8 unspecified atom stereocenters. The van der Waals surface area contributed by atoms with Gasteiger partial charge in [-0.05, 0) is 137 Å². The first-order valence-corrected chi connectivity index (χ1v) is 26.7. The number of unbranched alkanes of at least 4 members (excludes halogenated alkanes) is 4. The number of piperidine rings is 1. The average Bonchev–Trinajstić information content (AvgIpc) is 3.38. The molecule has 4 fully saturated rings. The Labute approximate surface area is 440 Å². The van der Waals surface area contributed by atoms with Crippen LogP contribution in [-0.2, 0) is 24.0 Å². The molecule has 3 N–H and O–H groups in total. The molecule has 5 amide bonds. The van der Waals surface area contributed by atoms with E-state index in [1.807, 2.05) is 85.0 Å². The van der Waals surface area contributed by atoms with Gasteiger partial charge < -0.3 is 14.8 Å². The van der Waals surface area contributed by atoms with E-state index in [4.69, 9.17) is 9.47 Å². The first-order chi connectivity index (χ1) is 35.7. The van der Waals surface area contributed by atoms with Crippen LogP contribution in [0.25, 0.3) is 0 Å². The number of para-hydroxylation sites is 2. The van der Waals surface area contributed by atoms with Crippen LogP contribution in [0.2, 0.25) is 0 Å². The predicted octanol–water partition coefficient (Wildman–Crippen LogP) is 12.9. The first kappa shape index (κ1) is 58.3. The van der Waals surface area contributed by atoms with Crippen LogP contribution >= 0.6 is 0 Å². The summed E-state index contributed by atoms with van der Waals surface area (Å²) in [5.41, 5.74) is -0.211. The summed E-state index contributed by atoms with van der Waals surface area (Å²) in [5, 5.41) is 7.84. The normalized spacial score (nSPS) is 26.6. The minimum Gasteiger partial charge on any atom is -0.426 e. The summed E-state index contributed by atoms with van der Waals surface area (Å²) in [6.07, 6.45) is 28.6. The molecule has 6 aliphatic rings. The van der Waals surface area contributed by atoms with Gasteiger partial charge in [-0.1, -0.05) is 98.9 Å². The molecule has 4 aliphatic heterocycles. The lowest BCUT2D eigenvalue weighted by Gasteiger charge is -2.69. The molecule has 4 heterocycles. The number of hydrogen-bond acceptors (Lipinski definition) is 8. The number of esters is 2. The van der Waals surface area contributed by atoms with Gasteiger partial charge in [-0.25, -0.2) is 4.79 Å². The van der Waals surface area contributed by atoms with Crippen molar-refractivity contribution in [2.24, 2.45) is 52.3 Å². The van der Waals surface area contributed by atoms with Gasteiger partial charge in [0.25, 0.3) is 0 Å². The van der Waals surface area contributed by atoms with Crippen molar-refractivity contribution in [3.05, 3.63) is 161 Å². The van der Waals surface area contributed by atoms with Crippen molar-refractivity contribution < 1.29 is 38.2 Å². The molecule has 0 aromatic heterocycles. The second-order valence-electron chi connectivity index (χ2n) is 20.8. The van der Waals surface area contributed by atoms with Crippen molar-refractivity contribution in [1.82, 2.24) is 16.0 Å². The largest absolute Gasteiger partial charge is 0.426 e. The zero-order chi connectivity index (χ0) is 54.0. The van der Waals surface area contributed by atoms with Crippen molar-refractivity contribution in [3.63, 3.8) is 0 Å². The van der Waals surface area contributed by atoms with E-state index in [-0.39, 0.29) is 59.8 Å². The fourth-order valence-corrected chi connectivity index (χ4v) is 12.1. The monoisotopic (exact) mass is 1010 g/mol. The molecule has 0 radical (unpaired) electrons. The molecule has 8 rings (SSSR count). The maximum atomic E-state index is 13.4. The number of allylic oxidation sites excluding steroid dienone is 8. The van der Waals surface area contributed by atoms with E-state index in [9.17, 15) is 28.8 Å². The van der Waals surface area contributed by atoms with Gasteiger partial charge in [0.05, 0.1) is 28.7 Å². The van der Waals surface area contributed by atoms with E-state index >= 15 is 0 Å².